The maximum Gasteiger partial charge on any atom is 0.271 e. The Morgan fingerprint density at radius 3 is 2.84 bits per heavy atom. The van der Waals surface area contributed by atoms with E-state index in [1.165, 1.54) is 18.6 Å². The second-order valence-electron chi connectivity index (χ2n) is 6.79. The minimum atomic E-state index is -1.03. The van der Waals surface area contributed by atoms with Crippen molar-refractivity contribution in [1.29, 1.82) is 0 Å². The molecule has 2 fully saturated rings. The molecule has 3 N–H and O–H groups in total. The van der Waals surface area contributed by atoms with Gasteiger partial charge in [0.2, 0.25) is 0 Å². The number of carbonyl (C=O) groups excluding carboxylic acids is 1. The van der Waals surface area contributed by atoms with Crippen molar-refractivity contribution in [1.82, 2.24) is 30.3 Å². The molecule has 2 heterocycles. The number of rotatable bonds is 5. The molecule has 0 aromatic carbocycles. The topological polar surface area (TPSA) is 126 Å². The van der Waals surface area contributed by atoms with Crippen LogP contribution in [0.15, 0.2) is 24.8 Å². The molecule has 0 unspecified atom stereocenters. The average molecular weight is 344 g/mol. The maximum atomic E-state index is 12.2. The molecule has 2 aromatic heterocycles. The predicted octanol–water partition coefficient (Wildman–Crippen LogP) is -0.514. The molecule has 0 spiro atoms. The van der Waals surface area contributed by atoms with Crippen LogP contribution in [0.2, 0.25) is 0 Å². The Morgan fingerprint density at radius 1 is 1.28 bits per heavy atom. The van der Waals surface area contributed by atoms with Crippen LogP contribution in [0.1, 0.15) is 41.4 Å². The number of hydrogen-bond donors (Lipinski definition) is 3. The zero-order chi connectivity index (χ0) is 17.4. The average Bonchev–Trinajstić information content (AvgIpc) is 3.33. The summed E-state index contributed by atoms with van der Waals surface area (Å²) in [6.45, 7) is 0.454. The van der Waals surface area contributed by atoms with Gasteiger partial charge in [0, 0.05) is 37.0 Å². The van der Waals surface area contributed by atoms with E-state index >= 15 is 0 Å². The first-order valence-corrected chi connectivity index (χ1v) is 8.45. The van der Waals surface area contributed by atoms with Crippen LogP contribution in [0, 0.1) is 5.92 Å². The molecule has 25 heavy (non-hydrogen) atoms. The van der Waals surface area contributed by atoms with Crippen molar-refractivity contribution in [3.05, 3.63) is 36.2 Å². The Hall–Kier alpha value is -2.39. The molecule has 9 nitrogen and oxygen atoms in total. The molecule has 2 aliphatic rings. The van der Waals surface area contributed by atoms with E-state index in [9.17, 15) is 15.0 Å². The molecule has 2 aliphatic carbocycles. The Bertz CT molecular complexity index is 747. The van der Waals surface area contributed by atoms with Gasteiger partial charge in [-0.2, -0.15) is 0 Å². The Kier molecular flexibility index (Phi) is 4.18. The summed E-state index contributed by atoms with van der Waals surface area (Å²) in [5.74, 6) is -0.107. The highest BCUT2D eigenvalue weighted by Gasteiger charge is 2.42. The Morgan fingerprint density at radius 2 is 2.12 bits per heavy atom. The minimum absolute atomic E-state index is 0.179. The van der Waals surface area contributed by atoms with Gasteiger partial charge in [-0.3, -0.25) is 14.5 Å². The lowest BCUT2D eigenvalue weighted by Crippen LogP contribution is -2.43. The number of aromatic nitrogens is 5. The number of hydrogen-bond acceptors (Lipinski definition) is 7. The quantitative estimate of drug-likeness (QED) is 0.666. The van der Waals surface area contributed by atoms with Gasteiger partial charge in [-0.1, -0.05) is 5.21 Å². The van der Waals surface area contributed by atoms with Crippen molar-refractivity contribution in [2.45, 2.75) is 50.0 Å². The fraction of sp³-hybridized carbons (Fsp3) is 0.562. The fourth-order valence-corrected chi connectivity index (χ4v) is 3.32. The van der Waals surface area contributed by atoms with Crippen LogP contribution in [0.5, 0.6) is 0 Å². The molecule has 132 valence electrons. The summed E-state index contributed by atoms with van der Waals surface area (Å²) in [6, 6.07) is -0.541. The smallest absolute Gasteiger partial charge is 0.271 e. The summed E-state index contributed by atoms with van der Waals surface area (Å²) in [6.07, 6.45) is 6.97. The number of carbonyl (C=O) groups is 1. The van der Waals surface area contributed by atoms with E-state index in [4.69, 9.17) is 0 Å². The standard InChI is InChI=1S/C16H20N6O3/c23-14-10(7-22-8-13(20-21-22)9-1-2-9)5-11(15(14)24)19-16(25)12-6-17-3-4-18-12/h3-4,6,8-11,14-15,23-24H,1-2,5,7H2,(H,19,25)/t10-,11-,14-,15+/m1/s1. The van der Waals surface area contributed by atoms with Gasteiger partial charge in [0.15, 0.2) is 0 Å². The molecule has 4 atom stereocenters. The predicted molar refractivity (Wildman–Crippen MR) is 85.4 cm³/mol. The summed E-state index contributed by atoms with van der Waals surface area (Å²) < 4.78 is 1.71. The number of nitrogens with zero attached hydrogens (tertiary/aromatic N) is 5. The van der Waals surface area contributed by atoms with E-state index in [-0.39, 0.29) is 11.6 Å². The van der Waals surface area contributed by atoms with E-state index in [0.717, 1.165) is 18.5 Å². The lowest BCUT2D eigenvalue weighted by Gasteiger charge is -2.17. The summed E-state index contributed by atoms with van der Waals surface area (Å²) in [5.41, 5.74) is 1.17. The van der Waals surface area contributed by atoms with Crippen molar-refractivity contribution in [2.75, 3.05) is 0 Å². The van der Waals surface area contributed by atoms with E-state index in [1.807, 2.05) is 6.20 Å². The lowest BCUT2D eigenvalue weighted by molar-refractivity contribution is 0.00759. The summed E-state index contributed by atoms with van der Waals surface area (Å²) >= 11 is 0. The van der Waals surface area contributed by atoms with E-state index < -0.39 is 24.2 Å². The van der Waals surface area contributed by atoms with Gasteiger partial charge in [-0.05, 0) is 19.3 Å². The summed E-state index contributed by atoms with van der Waals surface area (Å²) in [5, 5.41) is 31.6. The normalized spacial score (nSPS) is 28.9. The zero-order valence-corrected chi connectivity index (χ0v) is 13.6. The number of aliphatic hydroxyl groups is 2. The van der Waals surface area contributed by atoms with Crippen LogP contribution in [-0.2, 0) is 6.54 Å². The van der Waals surface area contributed by atoms with Crippen molar-refractivity contribution < 1.29 is 15.0 Å². The SMILES string of the molecule is O=C(N[C@@H]1C[C@H](Cn2cc(C3CC3)nn2)[C@@H](O)[C@H]1O)c1cnccn1. The second-order valence-corrected chi connectivity index (χ2v) is 6.79. The molecular weight excluding hydrogens is 324 g/mol. The van der Waals surface area contributed by atoms with Gasteiger partial charge in [0.1, 0.15) is 11.8 Å². The van der Waals surface area contributed by atoms with Crippen LogP contribution < -0.4 is 5.32 Å². The van der Waals surface area contributed by atoms with E-state index in [0.29, 0.717) is 18.9 Å². The molecule has 1 amide bonds. The third-order valence-electron chi connectivity index (χ3n) is 4.89. The molecular formula is C16H20N6O3. The largest absolute Gasteiger partial charge is 0.390 e. The van der Waals surface area contributed by atoms with Crippen LogP contribution in [0.3, 0.4) is 0 Å². The Labute approximate surface area is 144 Å². The van der Waals surface area contributed by atoms with Gasteiger partial charge >= 0.3 is 0 Å². The number of nitrogens with one attached hydrogen (secondary N) is 1. The molecule has 0 saturated heterocycles. The van der Waals surface area contributed by atoms with Crippen LogP contribution in [-0.4, -0.2) is 59.3 Å². The minimum Gasteiger partial charge on any atom is -0.390 e. The first kappa shape index (κ1) is 16.1. The highest BCUT2D eigenvalue weighted by molar-refractivity contribution is 5.92. The van der Waals surface area contributed by atoms with Gasteiger partial charge in [0.25, 0.3) is 5.91 Å². The molecule has 9 heteroatoms. The molecule has 0 radical (unpaired) electrons. The van der Waals surface area contributed by atoms with Crippen molar-refractivity contribution in [2.24, 2.45) is 5.92 Å². The highest BCUT2D eigenvalue weighted by Crippen LogP contribution is 2.38. The number of amides is 1. The van der Waals surface area contributed by atoms with Crippen molar-refractivity contribution in [3.8, 4) is 0 Å². The molecule has 4 rings (SSSR count). The number of aliphatic hydroxyl groups excluding tert-OH is 2. The lowest BCUT2D eigenvalue weighted by atomic mass is 10.1. The van der Waals surface area contributed by atoms with E-state index in [2.05, 4.69) is 25.6 Å². The van der Waals surface area contributed by atoms with Crippen molar-refractivity contribution >= 4 is 5.91 Å². The monoisotopic (exact) mass is 344 g/mol. The van der Waals surface area contributed by atoms with Gasteiger partial charge in [0.05, 0.1) is 24.0 Å². The second kappa shape index (κ2) is 6.49. The van der Waals surface area contributed by atoms with Crippen LogP contribution >= 0.6 is 0 Å². The molecule has 0 bridgehead atoms. The zero-order valence-electron chi connectivity index (χ0n) is 13.6. The Balaban J connectivity index is 1.39. The summed E-state index contributed by atoms with van der Waals surface area (Å²) in [7, 11) is 0. The van der Waals surface area contributed by atoms with Crippen LogP contribution in [0.25, 0.3) is 0 Å². The van der Waals surface area contributed by atoms with E-state index in [1.54, 1.807) is 4.68 Å². The van der Waals surface area contributed by atoms with Gasteiger partial charge in [-0.25, -0.2) is 4.98 Å². The molecule has 2 aromatic rings. The first-order valence-electron chi connectivity index (χ1n) is 8.45. The van der Waals surface area contributed by atoms with Crippen LogP contribution in [0.4, 0.5) is 0 Å². The van der Waals surface area contributed by atoms with Gasteiger partial charge < -0.3 is 15.5 Å². The maximum absolute atomic E-state index is 12.2. The van der Waals surface area contributed by atoms with Crippen molar-refractivity contribution in [3.63, 3.8) is 0 Å². The third kappa shape index (κ3) is 3.38. The highest BCUT2D eigenvalue weighted by atomic mass is 16.3. The molecule has 0 aliphatic heterocycles. The third-order valence-corrected chi connectivity index (χ3v) is 4.89. The summed E-state index contributed by atoms with van der Waals surface area (Å²) in [4.78, 5) is 20.0. The molecule has 2 saturated carbocycles. The first-order chi connectivity index (χ1) is 12.1. The van der Waals surface area contributed by atoms with Gasteiger partial charge in [-0.15, -0.1) is 5.10 Å². The fourth-order valence-electron chi connectivity index (χ4n) is 3.32.